The largest absolute Gasteiger partial charge is 0.497 e. The van der Waals surface area contributed by atoms with Crippen molar-refractivity contribution < 1.29 is 24.2 Å². The van der Waals surface area contributed by atoms with Gasteiger partial charge in [-0.25, -0.2) is 19.3 Å². The van der Waals surface area contributed by atoms with E-state index in [9.17, 15) is 14.7 Å². The number of likely N-dealkylation sites (tertiary alicyclic amines) is 1. The van der Waals surface area contributed by atoms with Gasteiger partial charge in [-0.3, -0.25) is 10.6 Å². The van der Waals surface area contributed by atoms with Gasteiger partial charge in [0, 0.05) is 36.8 Å². The van der Waals surface area contributed by atoms with E-state index in [1.54, 1.807) is 30.0 Å². The smallest absolute Gasteiger partial charge is 0.324 e. The number of aromatic nitrogens is 3. The van der Waals surface area contributed by atoms with Crippen LogP contribution in [-0.4, -0.2) is 63.1 Å². The molecular weight excluding hydrogens is 621 g/mol. The molecule has 1 aliphatic rings. The van der Waals surface area contributed by atoms with Crippen molar-refractivity contribution in [3.63, 3.8) is 0 Å². The molecule has 1 fully saturated rings. The third-order valence-electron chi connectivity index (χ3n) is 6.98. The van der Waals surface area contributed by atoms with Crippen molar-refractivity contribution in [1.82, 2.24) is 19.7 Å². The predicted molar refractivity (Wildman–Crippen MR) is 173 cm³/mol. The Morgan fingerprint density at radius 2 is 1.73 bits per heavy atom. The van der Waals surface area contributed by atoms with Crippen LogP contribution in [0, 0.1) is 0 Å². The number of nitrogens with one attached hydrogen (secondary N) is 3. The quantitative estimate of drug-likeness (QED) is 0.170. The summed E-state index contributed by atoms with van der Waals surface area (Å²) < 4.78 is 12.8. The van der Waals surface area contributed by atoms with Crippen LogP contribution in [0.4, 0.5) is 26.9 Å². The number of anilines is 3. The van der Waals surface area contributed by atoms with Gasteiger partial charge in [0.2, 0.25) is 0 Å². The first-order valence-electron chi connectivity index (χ1n) is 14.1. The number of hydrogen-bond donors (Lipinski definition) is 4. The number of amides is 4. The minimum atomic E-state index is -0.559. The van der Waals surface area contributed by atoms with E-state index in [1.165, 1.54) is 17.2 Å². The maximum Gasteiger partial charge on any atom is 0.324 e. The molecule has 0 aliphatic carbocycles. The number of carbonyl (C=O) groups is 2. The van der Waals surface area contributed by atoms with E-state index < -0.39 is 12.1 Å². The normalized spacial score (nSPS) is 14.6. The van der Waals surface area contributed by atoms with Gasteiger partial charge in [0.1, 0.15) is 33.9 Å². The fourth-order valence-corrected chi connectivity index (χ4v) is 4.93. The third-order valence-corrected chi connectivity index (χ3v) is 7.84. The van der Waals surface area contributed by atoms with Gasteiger partial charge in [-0.15, -0.1) is 0 Å². The maximum atomic E-state index is 13.1. The van der Waals surface area contributed by atoms with Crippen molar-refractivity contribution in [2.24, 2.45) is 0 Å². The summed E-state index contributed by atoms with van der Waals surface area (Å²) in [4.78, 5) is 31.3. The molecule has 0 bridgehead atoms. The molecule has 0 spiro atoms. The molecule has 3 heterocycles. The number of carbonyl (C=O) groups excluding carboxylic acids is 2. The van der Waals surface area contributed by atoms with Gasteiger partial charge in [-0.1, -0.05) is 44.0 Å². The van der Waals surface area contributed by atoms with Crippen LogP contribution in [0.2, 0.25) is 10.0 Å². The van der Waals surface area contributed by atoms with Gasteiger partial charge in [0.15, 0.2) is 0 Å². The summed E-state index contributed by atoms with van der Waals surface area (Å²) in [5.41, 5.74) is 1.51. The van der Waals surface area contributed by atoms with Gasteiger partial charge >= 0.3 is 12.1 Å². The van der Waals surface area contributed by atoms with Crippen LogP contribution >= 0.6 is 23.2 Å². The second kappa shape index (κ2) is 13.2. The number of hydrogen-bond acceptors (Lipinski definition) is 7. The lowest BCUT2D eigenvalue weighted by Gasteiger charge is -2.16. The van der Waals surface area contributed by atoms with Crippen LogP contribution in [0.3, 0.4) is 0 Å². The number of ether oxygens (including phenoxy) is 2. The van der Waals surface area contributed by atoms with E-state index in [2.05, 4.69) is 20.9 Å². The highest BCUT2D eigenvalue weighted by Crippen LogP contribution is 2.40. The number of halogens is 2. The molecule has 0 radical (unpaired) electrons. The van der Waals surface area contributed by atoms with E-state index in [0.717, 1.165) is 11.4 Å². The van der Waals surface area contributed by atoms with Gasteiger partial charge in [0.25, 0.3) is 0 Å². The summed E-state index contributed by atoms with van der Waals surface area (Å²) in [5.74, 6) is 1.99. The zero-order valence-corrected chi connectivity index (χ0v) is 26.6. The van der Waals surface area contributed by atoms with E-state index in [4.69, 9.17) is 37.8 Å². The topological polar surface area (TPSA) is 143 Å². The molecular formula is C31H33Cl2N7O5. The fourth-order valence-electron chi connectivity index (χ4n) is 4.52. The minimum absolute atomic E-state index is 0.0681. The number of benzene rings is 2. The van der Waals surface area contributed by atoms with Crippen molar-refractivity contribution in [2.75, 3.05) is 36.1 Å². The third kappa shape index (κ3) is 7.59. The summed E-state index contributed by atoms with van der Waals surface area (Å²) in [6.45, 7) is 6.82. The summed E-state index contributed by atoms with van der Waals surface area (Å²) in [7, 11) is 1.59. The Labute approximate surface area is 270 Å². The lowest BCUT2D eigenvalue weighted by molar-refractivity contribution is 0.176. The number of aliphatic hydroxyl groups excluding tert-OH is 1. The number of pyridine rings is 1. The Bertz CT molecular complexity index is 1710. The van der Waals surface area contributed by atoms with Gasteiger partial charge in [0.05, 0.1) is 35.3 Å². The summed E-state index contributed by atoms with van der Waals surface area (Å²) in [5, 5.41) is 22.8. The highest BCUT2D eigenvalue weighted by molar-refractivity contribution is 6.45. The lowest BCUT2D eigenvalue weighted by atomic mass is 9.92. The molecule has 2 aromatic heterocycles. The average Bonchev–Trinajstić information content (AvgIpc) is 3.64. The minimum Gasteiger partial charge on any atom is -0.497 e. The molecule has 1 atom stereocenters. The average molecular weight is 655 g/mol. The van der Waals surface area contributed by atoms with Crippen LogP contribution in [-0.2, 0) is 5.41 Å². The predicted octanol–water partition coefficient (Wildman–Crippen LogP) is 6.92. The van der Waals surface area contributed by atoms with E-state index >= 15 is 0 Å². The number of rotatable bonds is 7. The first-order valence-corrected chi connectivity index (χ1v) is 14.9. The first-order chi connectivity index (χ1) is 21.4. The first kappa shape index (κ1) is 31.9. The van der Waals surface area contributed by atoms with Crippen LogP contribution in [0.1, 0.15) is 32.9 Å². The molecule has 12 nitrogen and oxygen atoms in total. The Balaban J connectivity index is 1.28. The summed E-state index contributed by atoms with van der Waals surface area (Å²) in [6.07, 6.45) is 1.47. The van der Waals surface area contributed by atoms with Crippen LogP contribution < -0.4 is 25.4 Å². The van der Waals surface area contributed by atoms with Crippen molar-refractivity contribution in [3.05, 3.63) is 76.5 Å². The lowest BCUT2D eigenvalue weighted by Crippen LogP contribution is -2.33. The van der Waals surface area contributed by atoms with Crippen LogP contribution in [0.25, 0.3) is 5.69 Å². The summed E-state index contributed by atoms with van der Waals surface area (Å²) in [6, 6.07) is 14.5. The molecule has 0 saturated carbocycles. The van der Waals surface area contributed by atoms with Gasteiger partial charge < -0.3 is 24.8 Å². The Morgan fingerprint density at radius 3 is 2.40 bits per heavy atom. The molecule has 1 aliphatic heterocycles. The molecule has 4 N–H and O–H groups in total. The molecule has 14 heteroatoms. The second-order valence-electron chi connectivity index (χ2n) is 11.4. The molecule has 1 unspecified atom stereocenters. The molecule has 45 heavy (non-hydrogen) atoms. The number of aliphatic hydroxyl groups is 1. The van der Waals surface area contributed by atoms with Crippen molar-refractivity contribution in [2.45, 2.75) is 38.7 Å². The molecule has 2 aromatic carbocycles. The zero-order chi connectivity index (χ0) is 32.3. The number of nitrogens with zero attached hydrogens (tertiary/aromatic N) is 4. The molecule has 1 saturated heterocycles. The van der Waals surface area contributed by atoms with E-state index in [-0.39, 0.29) is 45.3 Å². The fraction of sp³-hybridized carbons (Fsp3) is 0.290. The van der Waals surface area contributed by atoms with Crippen LogP contribution in [0.15, 0.2) is 60.8 Å². The Kier molecular flexibility index (Phi) is 9.37. The van der Waals surface area contributed by atoms with Crippen molar-refractivity contribution in [1.29, 1.82) is 0 Å². The van der Waals surface area contributed by atoms with Crippen LogP contribution in [0.5, 0.6) is 17.2 Å². The van der Waals surface area contributed by atoms with Crippen molar-refractivity contribution >= 4 is 52.6 Å². The monoisotopic (exact) mass is 653 g/mol. The van der Waals surface area contributed by atoms with E-state index in [0.29, 0.717) is 30.3 Å². The molecule has 236 valence electrons. The number of urea groups is 2. The maximum absolute atomic E-state index is 13.1. The second-order valence-corrected chi connectivity index (χ2v) is 12.1. The standard InChI is InChI=1S/C31H33Cl2N7O5/c1-31(2,3)24-16-26(40(38-24)18-5-7-20(44-4)8-6-18)37-29(42)35-22-9-10-23(28(33)27(22)32)45-21-11-13-34-25(15-21)36-30(43)39-14-12-19(41)17-39/h5-11,13,15-16,19,41H,12,14,17H2,1-4H3,(H,34,36,43)(H2,35,37,42). The van der Waals surface area contributed by atoms with Gasteiger partial charge in [-0.2, -0.15) is 5.10 Å². The zero-order valence-electron chi connectivity index (χ0n) is 25.1. The van der Waals surface area contributed by atoms with Crippen molar-refractivity contribution in [3.8, 4) is 22.9 Å². The number of methoxy groups -OCH3 is 1. The summed E-state index contributed by atoms with van der Waals surface area (Å²) >= 11 is 13.1. The number of β-amino-alcohol motifs (C(OH)–C–C–N with tert-alkyl or cyclic N) is 1. The molecule has 5 rings (SSSR count). The highest BCUT2D eigenvalue weighted by Gasteiger charge is 2.25. The van der Waals surface area contributed by atoms with Gasteiger partial charge in [-0.05, 0) is 48.9 Å². The highest BCUT2D eigenvalue weighted by atomic mass is 35.5. The molecule has 4 aromatic rings. The molecule has 4 amide bonds. The SMILES string of the molecule is COc1ccc(-n2nc(C(C)(C)C)cc2NC(=O)Nc2ccc(Oc3ccnc(NC(=O)N4CCC(O)C4)c3)c(Cl)c2Cl)cc1. The Morgan fingerprint density at radius 1 is 0.978 bits per heavy atom. The Hall–Kier alpha value is -4.52. The van der Waals surface area contributed by atoms with E-state index in [1.807, 2.05) is 51.1 Å².